The van der Waals surface area contributed by atoms with Crippen molar-refractivity contribution in [3.8, 4) is 17.3 Å². The van der Waals surface area contributed by atoms with Crippen LogP contribution in [-0.2, 0) is 4.79 Å². The van der Waals surface area contributed by atoms with Gasteiger partial charge in [0.05, 0.1) is 0 Å². The molecule has 3 aliphatic carbocycles. The lowest BCUT2D eigenvalue weighted by Gasteiger charge is -2.38. The topological polar surface area (TPSA) is 72.6 Å². The van der Waals surface area contributed by atoms with Crippen molar-refractivity contribution in [3.63, 3.8) is 0 Å². The Morgan fingerprint density at radius 2 is 1.75 bits per heavy atom. The fourth-order valence-electron chi connectivity index (χ4n) is 4.52. The molecule has 2 bridgehead atoms. The predicted octanol–water partition coefficient (Wildman–Crippen LogP) is 3.01. The van der Waals surface area contributed by atoms with Gasteiger partial charge in [-0.3, -0.25) is 4.79 Å². The van der Waals surface area contributed by atoms with Gasteiger partial charge in [0.25, 0.3) is 5.91 Å². The first-order valence-corrected chi connectivity index (χ1v) is 9.81. The van der Waals surface area contributed by atoms with E-state index >= 15 is 0 Å². The third-order valence-corrected chi connectivity index (χ3v) is 6.00. The van der Waals surface area contributed by atoms with Crippen molar-refractivity contribution in [2.75, 3.05) is 20.7 Å². The first kappa shape index (κ1) is 17.2. The Morgan fingerprint density at radius 3 is 2.43 bits per heavy atom. The fourth-order valence-corrected chi connectivity index (χ4v) is 4.52. The van der Waals surface area contributed by atoms with Crippen LogP contribution < -0.4 is 4.74 Å². The van der Waals surface area contributed by atoms with Crippen LogP contribution >= 0.6 is 0 Å². The summed E-state index contributed by atoms with van der Waals surface area (Å²) in [6.07, 6.45) is 4.63. The van der Waals surface area contributed by atoms with E-state index in [9.17, 15) is 4.79 Å². The molecule has 0 unspecified atom stereocenters. The third-order valence-electron chi connectivity index (χ3n) is 6.00. The van der Waals surface area contributed by atoms with E-state index < -0.39 is 0 Å². The van der Waals surface area contributed by atoms with Crippen LogP contribution in [0, 0.1) is 0 Å². The van der Waals surface area contributed by atoms with Crippen LogP contribution in [0.4, 0.5) is 0 Å². The number of likely N-dealkylation sites (N-methyl/N-ethyl adjacent to an activating group) is 1. The lowest BCUT2D eigenvalue weighted by molar-refractivity contribution is -0.130. The molecule has 0 aliphatic heterocycles. The SMILES string of the molecule is CN(C)C(=O)COc1nn2c(-c3ccccc3)nnc2c2c1C1CCC2CC1. The van der Waals surface area contributed by atoms with Crippen molar-refractivity contribution in [2.24, 2.45) is 0 Å². The van der Waals surface area contributed by atoms with Gasteiger partial charge in [-0.2, -0.15) is 4.52 Å². The first-order chi connectivity index (χ1) is 13.6. The third kappa shape index (κ3) is 2.65. The van der Waals surface area contributed by atoms with Crippen LogP contribution in [0.2, 0.25) is 0 Å². The summed E-state index contributed by atoms with van der Waals surface area (Å²) >= 11 is 0. The summed E-state index contributed by atoms with van der Waals surface area (Å²) in [6, 6.07) is 9.93. The summed E-state index contributed by atoms with van der Waals surface area (Å²) in [5, 5.41) is 13.7. The van der Waals surface area contributed by atoms with Gasteiger partial charge in [-0.05, 0) is 37.5 Å². The highest BCUT2D eigenvalue weighted by atomic mass is 16.5. The fraction of sp³-hybridized carbons (Fsp3) is 0.429. The molecule has 1 amide bonds. The molecule has 0 atom stereocenters. The molecule has 0 spiro atoms. The summed E-state index contributed by atoms with van der Waals surface area (Å²) in [5.74, 6) is 2.07. The van der Waals surface area contributed by atoms with Crippen LogP contribution in [-0.4, -0.2) is 51.3 Å². The van der Waals surface area contributed by atoms with Crippen molar-refractivity contribution in [1.29, 1.82) is 0 Å². The molecule has 0 N–H and O–H groups in total. The van der Waals surface area contributed by atoms with Gasteiger partial charge in [0.15, 0.2) is 18.1 Å². The number of carbonyl (C=O) groups is 1. The summed E-state index contributed by atoms with van der Waals surface area (Å²) < 4.78 is 7.77. The van der Waals surface area contributed by atoms with E-state index in [2.05, 4.69) is 10.2 Å². The Hall–Kier alpha value is -2.96. The molecule has 1 aromatic carbocycles. The van der Waals surface area contributed by atoms with Gasteiger partial charge in [0.2, 0.25) is 5.88 Å². The zero-order chi connectivity index (χ0) is 19.3. The molecule has 144 valence electrons. The second-order valence-electron chi connectivity index (χ2n) is 7.88. The van der Waals surface area contributed by atoms with Crippen molar-refractivity contribution in [2.45, 2.75) is 37.5 Å². The van der Waals surface area contributed by atoms with Crippen LogP contribution in [0.3, 0.4) is 0 Å². The predicted molar refractivity (Wildman–Crippen MR) is 104 cm³/mol. The first-order valence-electron chi connectivity index (χ1n) is 9.81. The number of nitrogens with zero attached hydrogens (tertiary/aromatic N) is 5. The lowest BCUT2D eigenvalue weighted by atomic mass is 9.67. The minimum atomic E-state index is -0.0799. The molecule has 0 radical (unpaired) electrons. The molecule has 28 heavy (non-hydrogen) atoms. The molecule has 7 nitrogen and oxygen atoms in total. The van der Waals surface area contributed by atoms with Crippen molar-refractivity contribution < 1.29 is 9.53 Å². The van der Waals surface area contributed by atoms with E-state index in [0.29, 0.717) is 23.5 Å². The van der Waals surface area contributed by atoms with E-state index in [1.807, 2.05) is 30.3 Å². The Balaban J connectivity index is 1.67. The minimum Gasteiger partial charge on any atom is -0.466 e. The molecule has 7 heteroatoms. The number of hydrogen-bond donors (Lipinski definition) is 0. The maximum absolute atomic E-state index is 12.1. The number of aromatic nitrogens is 4. The van der Waals surface area contributed by atoms with Crippen LogP contribution in [0.1, 0.15) is 48.6 Å². The van der Waals surface area contributed by atoms with Crippen LogP contribution in [0.5, 0.6) is 5.88 Å². The van der Waals surface area contributed by atoms with Crippen LogP contribution in [0.25, 0.3) is 17.0 Å². The molecule has 1 saturated carbocycles. The van der Waals surface area contributed by atoms with E-state index in [4.69, 9.17) is 9.84 Å². The summed E-state index contributed by atoms with van der Waals surface area (Å²) in [7, 11) is 3.46. The van der Waals surface area contributed by atoms with E-state index in [-0.39, 0.29) is 12.5 Å². The van der Waals surface area contributed by atoms with Crippen molar-refractivity contribution in [3.05, 3.63) is 41.5 Å². The highest BCUT2D eigenvalue weighted by Gasteiger charge is 2.39. The monoisotopic (exact) mass is 377 g/mol. The van der Waals surface area contributed by atoms with Gasteiger partial charge in [-0.15, -0.1) is 15.3 Å². The Labute approximate surface area is 163 Å². The standard InChI is InChI=1S/C21H23N5O2/c1-25(2)16(27)12-28-21-18-14-10-8-13(9-11-14)17(18)20-23-22-19(26(20)24-21)15-6-4-3-5-7-15/h3-7,13-14H,8-12H2,1-2H3. The van der Waals surface area contributed by atoms with E-state index in [0.717, 1.165) is 29.6 Å². The number of benzene rings is 1. The molecule has 3 aliphatic rings. The number of rotatable bonds is 4. The van der Waals surface area contributed by atoms with Gasteiger partial charge in [-0.25, -0.2) is 0 Å². The minimum absolute atomic E-state index is 0.0157. The second kappa shape index (κ2) is 6.58. The van der Waals surface area contributed by atoms with Gasteiger partial charge in [0, 0.05) is 30.8 Å². The molecule has 6 rings (SSSR count). The number of ether oxygens (including phenoxy) is 1. The Kier molecular flexibility index (Phi) is 4.03. The summed E-state index contributed by atoms with van der Waals surface area (Å²) in [6.45, 7) is -0.0157. The van der Waals surface area contributed by atoms with Gasteiger partial charge >= 0.3 is 0 Å². The van der Waals surface area contributed by atoms with Crippen LogP contribution in [0.15, 0.2) is 30.3 Å². The van der Waals surface area contributed by atoms with Gasteiger partial charge < -0.3 is 9.64 Å². The molecule has 2 heterocycles. The summed E-state index contributed by atoms with van der Waals surface area (Å²) in [5.41, 5.74) is 4.15. The lowest BCUT2D eigenvalue weighted by Crippen LogP contribution is -2.29. The zero-order valence-electron chi connectivity index (χ0n) is 16.1. The molecule has 1 fully saturated rings. The number of hydrogen-bond acceptors (Lipinski definition) is 5. The largest absolute Gasteiger partial charge is 0.466 e. The smallest absolute Gasteiger partial charge is 0.260 e. The van der Waals surface area contributed by atoms with Gasteiger partial charge in [0.1, 0.15) is 0 Å². The number of fused-ring (bicyclic) bond motifs is 3. The highest BCUT2D eigenvalue weighted by molar-refractivity contribution is 5.77. The molecular weight excluding hydrogens is 354 g/mol. The van der Waals surface area contributed by atoms with E-state index in [1.165, 1.54) is 23.3 Å². The highest BCUT2D eigenvalue weighted by Crippen LogP contribution is 2.53. The average molecular weight is 377 g/mol. The quantitative estimate of drug-likeness (QED) is 0.699. The average Bonchev–Trinajstić information content (AvgIpc) is 3.17. The van der Waals surface area contributed by atoms with Gasteiger partial charge in [-0.1, -0.05) is 30.3 Å². The Bertz CT molecular complexity index is 1040. The Morgan fingerprint density at radius 1 is 1.07 bits per heavy atom. The maximum Gasteiger partial charge on any atom is 0.260 e. The van der Waals surface area contributed by atoms with Crippen molar-refractivity contribution >= 4 is 11.6 Å². The molecule has 0 saturated heterocycles. The maximum atomic E-state index is 12.1. The number of amides is 1. The molecule has 2 aromatic heterocycles. The summed E-state index contributed by atoms with van der Waals surface area (Å²) in [4.78, 5) is 13.6. The van der Waals surface area contributed by atoms with Crippen molar-refractivity contribution in [1.82, 2.24) is 24.7 Å². The number of carbonyl (C=O) groups excluding carboxylic acids is 1. The zero-order valence-corrected chi connectivity index (χ0v) is 16.1. The second-order valence-corrected chi connectivity index (χ2v) is 7.88. The van der Waals surface area contributed by atoms with E-state index in [1.54, 1.807) is 18.6 Å². The molecular formula is C21H23N5O2. The molecule has 3 aromatic rings. The normalized spacial score (nSPS) is 20.2.